The fraction of sp³-hybridized carbons (Fsp3) is 0.150. The van der Waals surface area contributed by atoms with Crippen LogP contribution >= 0.6 is 0 Å². The largest absolute Gasteiger partial charge is 0.357 e. The normalized spacial score (nSPS) is 15.5. The number of nitrogens with one attached hydrogen (secondary N) is 3. The number of aryl methyl sites for hydroxylation is 2. The zero-order valence-electron chi connectivity index (χ0n) is 15.0. The molecule has 7 heteroatoms. The summed E-state index contributed by atoms with van der Waals surface area (Å²) >= 11 is 0. The van der Waals surface area contributed by atoms with Gasteiger partial charge in [0.15, 0.2) is 6.17 Å². The Morgan fingerprint density at radius 2 is 1.81 bits per heavy atom. The molecule has 0 unspecified atom stereocenters. The highest BCUT2D eigenvalue weighted by Crippen LogP contribution is 2.17. The number of hydrogen-bond acceptors (Lipinski definition) is 4. The van der Waals surface area contributed by atoms with Crippen LogP contribution in [0.4, 0.5) is 16.0 Å². The molecule has 1 aliphatic heterocycles. The summed E-state index contributed by atoms with van der Waals surface area (Å²) in [6, 6.07) is 15.5. The Labute approximate surface area is 155 Å². The maximum atomic E-state index is 13.3. The first kappa shape index (κ1) is 17.0. The van der Waals surface area contributed by atoms with Crippen LogP contribution in [-0.4, -0.2) is 15.5 Å². The Bertz CT molecular complexity index is 1070. The minimum Gasteiger partial charge on any atom is -0.269 e. The van der Waals surface area contributed by atoms with Crippen LogP contribution < -0.4 is 21.2 Å². The smallest absolute Gasteiger partial charge is 0.269 e. The van der Waals surface area contributed by atoms with Crippen LogP contribution in [0, 0.1) is 19.7 Å². The summed E-state index contributed by atoms with van der Waals surface area (Å²) in [5, 5.41) is 6.39. The average Bonchev–Trinajstić information content (AvgIpc) is 2.63. The van der Waals surface area contributed by atoms with Gasteiger partial charge < -0.3 is 0 Å². The molecule has 3 aromatic rings. The van der Waals surface area contributed by atoms with Gasteiger partial charge in [-0.05, 0) is 38.1 Å². The average molecular weight is 364 g/mol. The summed E-state index contributed by atoms with van der Waals surface area (Å²) in [7, 11) is 0. The monoisotopic (exact) mass is 364 g/mol. The molecule has 0 bridgehead atoms. The lowest BCUT2D eigenvalue weighted by Gasteiger charge is -2.23. The maximum absolute atomic E-state index is 13.3. The molecule has 1 aromatic heterocycles. The van der Waals surface area contributed by atoms with Gasteiger partial charge in [0, 0.05) is 17.3 Å². The van der Waals surface area contributed by atoms with Crippen LogP contribution in [0.5, 0.6) is 0 Å². The number of benzene rings is 2. The van der Waals surface area contributed by atoms with Crippen molar-refractivity contribution in [3.63, 3.8) is 0 Å². The van der Waals surface area contributed by atoms with E-state index in [-0.39, 0.29) is 11.4 Å². The van der Waals surface area contributed by atoms with E-state index in [2.05, 4.69) is 20.6 Å². The van der Waals surface area contributed by atoms with Crippen LogP contribution in [-0.2, 0) is 0 Å². The number of halogens is 1. The summed E-state index contributed by atoms with van der Waals surface area (Å²) in [6.45, 7) is 3.79. The predicted octanol–water partition coefficient (Wildman–Crippen LogP) is 1.52. The second-order valence-electron chi connectivity index (χ2n) is 6.52. The van der Waals surface area contributed by atoms with E-state index in [4.69, 9.17) is 0 Å². The number of rotatable bonds is 2. The highest BCUT2D eigenvalue weighted by atomic mass is 19.1. The minimum absolute atomic E-state index is 0.193. The van der Waals surface area contributed by atoms with Crippen molar-refractivity contribution in [3.8, 4) is 0 Å². The van der Waals surface area contributed by atoms with Gasteiger partial charge in [0.2, 0.25) is 0 Å². The molecule has 0 saturated heterocycles. The van der Waals surface area contributed by atoms with E-state index >= 15 is 0 Å². The van der Waals surface area contributed by atoms with Gasteiger partial charge in [0.1, 0.15) is 5.82 Å². The minimum atomic E-state index is -0.518. The van der Waals surface area contributed by atoms with Gasteiger partial charge in [0.25, 0.3) is 11.5 Å². The quantitative estimate of drug-likeness (QED) is 0.645. The summed E-state index contributed by atoms with van der Waals surface area (Å²) in [4.78, 5) is 20.3. The topological polar surface area (TPSA) is 72.9 Å². The van der Waals surface area contributed by atoms with Crippen LogP contribution in [0.15, 0.2) is 59.4 Å². The summed E-state index contributed by atoms with van der Waals surface area (Å²) in [6.07, 6.45) is -0.518. The third kappa shape index (κ3) is 3.44. The van der Waals surface area contributed by atoms with Crippen molar-refractivity contribution in [1.29, 1.82) is 0 Å². The van der Waals surface area contributed by atoms with Crippen LogP contribution in [0.1, 0.15) is 23.0 Å². The van der Waals surface area contributed by atoms with Crippen molar-refractivity contribution in [3.05, 3.63) is 87.6 Å². The van der Waals surface area contributed by atoms with Crippen molar-refractivity contribution in [2.24, 2.45) is 0 Å². The van der Waals surface area contributed by atoms with Gasteiger partial charge in [-0.25, -0.2) is 24.6 Å². The maximum Gasteiger partial charge on any atom is 0.357 e. The van der Waals surface area contributed by atoms with E-state index < -0.39 is 6.17 Å². The number of fused-ring (bicyclic) bond motifs is 1. The SMILES string of the molecule is Cc1ccc(NC2=[NH+][C@@H](c3ccc(F)cc3)n3c(nc(C)cc3=O)N2)cc1. The first-order chi connectivity index (χ1) is 13.0. The Kier molecular flexibility index (Phi) is 4.19. The van der Waals surface area contributed by atoms with Crippen molar-refractivity contribution in [2.45, 2.75) is 20.0 Å². The summed E-state index contributed by atoms with van der Waals surface area (Å²) in [5.41, 5.74) is 3.22. The Balaban J connectivity index is 1.78. The van der Waals surface area contributed by atoms with Crippen molar-refractivity contribution in [2.75, 3.05) is 10.6 Å². The van der Waals surface area contributed by atoms with Crippen LogP contribution in [0.2, 0.25) is 0 Å². The summed E-state index contributed by atoms with van der Waals surface area (Å²) < 4.78 is 14.9. The third-order valence-electron chi connectivity index (χ3n) is 4.36. The van der Waals surface area contributed by atoms with E-state index in [0.717, 1.165) is 16.8 Å². The third-order valence-corrected chi connectivity index (χ3v) is 4.36. The fourth-order valence-corrected chi connectivity index (χ4v) is 3.02. The van der Waals surface area contributed by atoms with Gasteiger partial charge in [-0.3, -0.25) is 9.79 Å². The molecular weight excluding hydrogens is 345 g/mol. The molecule has 2 heterocycles. The molecule has 0 amide bonds. The van der Waals surface area contributed by atoms with Crippen molar-refractivity contribution >= 4 is 17.6 Å². The molecule has 0 fully saturated rings. The number of aromatic nitrogens is 2. The predicted molar refractivity (Wildman–Crippen MR) is 102 cm³/mol. The fourth-order valence-electron chi connectivity index (χ4n) is 3.02. The molecule has 0 spiro atoms. The molecule has 1 aliphatic rings. The molecule has 6 nitrogen and oxygen atoms in total. The lowest BCUT2D eigenvalue weighted by Crippen LogP contribution is -2.82. The van der Waals surface area contributed by atoms with Gasteiger partial charge in [0.05, 0.1) is 5.69 Å². The zero-order valence-corrected chi connectivity index (χ0v) is 15.0. The van der Waals surface area contributed by atoms with E-state index in [9.17, 15) is 9.18 Å². The zero-order chi connectivity index (χ0) is 19.0. The lowest BCUT2D eigenvalue weighted by molar-refractivity contribution is -0.520. The number of guanidine groups is 1. The van der Waals surface area contributed by atoms with Gasteiger partial charge in [-0.2, -0.15) is 0 Å². The number of hydrogen-bond donors (Lipinski definition) is 3. The first-order valence-corrected chi connectivity index (χ1v) is 8.59. The van der Waals surface area contributed by atoms with Crippen LogP contribution in [0.3, 0.4) is 0 Å². The molecule has 27 heavy (non-hydrogen) atoms. The van der Waals surface area contributed by atoms with Crippen molar-refractivity contribution in [1.82, 2.24) is 9.55 Å². The molecule has 4 rings (SSSR count). The number of anilines is 2. The van der Waals surface area contributed by atoms with Gasteiger partial charge >= 0.3 is 5.96 Å². The molecule has 0 saturated carbocycles. The van der Waals surface area contributed by atoms with Crippen LogP contribution in [0.25, 0.3) is 0 Å². The second kappa shape index (κ2) is 6.68. The van der Waals surface area contributed by atoms with Gasteiger partial charge in [-0.1, -0.05) is 29.8 Å². The van der Waals surface area contributed by atoms with E-state index in [1.165, 1.54) is 22.8 Å². The molecule has 1 atom stereocenters. The van der Waals surface area contributed by atoms with E-state index in [1.54, 1.807) is 19.1 Å². The molecule has 0 aliphatic carbocycles. The molecule has 2 aromatic carbocycles. The highest BCUT2D eigenvalue weighted by molar-refractivity contribution is 5.99. The Morgan fingerprint density at radius 3 is 2.52 bits per heavy atom. The van der Waals surface area contributed by atoms with E-state index in [0.29, 0.717) is 17.6 Å². The van der Waals surface area contributed by atoms with Crippen molar-refractivity contribution < 1.29 is 9.38 Å². The molecular formula is C20H19FN5O+. The summed E-state index contributed by atoms with van der Waals surface area (Å²) in [5.74, 6) is 0.678. The van der Waals surface area contributed by atoms with Gasteiger partial charge in [-0.15, -0.1) is 0 Å². The molecule has 0 radical (unpaired) electrons. The molecule has 136 valence electrons. The molecule has 3 N–H and O–H groups in total. The highest BCUT2D eigenvalue weighted by Gasteiger charge is 2.29. The Hall–Kier alpha value is -3.48. The first-order valence-electron chi connectivity index (χ1n) is 8.59. The second-order valence-corrected chi connectivity index (χ2v) is 6.52. The lowest BCUT2D eigenvalue weighted by atomic mass is 10.1. The Morgan fingerprint density at radius 1 is 1.11 bits per heavy atom. The van der Waals surface area contributed by atoms with E-state index in [1.807, 2.05) is 31.2 Å². The standard InChI is InChI=1S/C20H18FN5O/c1-12-3-9-16(10-4-12)23-19-24-18(14-5-7-15(21)8-6-14)26-17(27)11-13(2)22-20(26)25-19/h3-11,18H,1-2H3,(H2,22,23,24,25)/p+1/t18-/m1/s1. The number of nitrogens with zero attached hydrogens (tertiary/aromatic N) is 2.